The molecule has 3 N–H and O–H groups in total. The van der Waals surface area contributed by atoms with Gasteiger partial charge >= 0.3 is 0 Å². The SMILES string of the molecule is CC(C)N1CC=C2C(C#N)=C(N)C(C#N)(C#N)C(c3ccncc3)C2C1.CCO. The highest BCUT2D eigenvalue weighted by atomic mass is 16.2. The topological polar surface area (TPSA) is 134 Å². The highest BCUT2D eigenvalue weighted by Gasteiger charge is 2.54. The van der Waals surface area contributed by atoms with E-state index in [1.165, 1.54) is 0 Å². The lowest BCUT2D eigenvalue weighted by Crippen LogP contribution is -2.49. The van der Waals surface area contributed by atoms with Gasteiger partial charge in [-0.15, -0.1) is 0 Å². The van der Waals surface area contributed by atoms with Gasteiger partial charge in [-0.05, 0) is 44.0 Å². The quantitative estimate of drug-likeness (QED) is 0.790. The van der Waals surface area contributed by atoms with Crippen LogP contribution < -0.4 is 5.73 Å². The largest absolute Gasteiger partial charge is 0.399 e. The third kappa shape index (κ3) is 3.87. The zero-order chi connectivity index (χ0) is 21.6. The molecule has 1 aromatic rings. The van der Waals surface area contributed by atoms with Crippen LogP contribution in [-0.4, -0.2) is 40.7 Å². The smallest absolute Gasteiger partial charge is 0.191 e. The Morgan fingerprint density at radius 2 is 1.86 bits per heavy atom. The molecule has 3 rings (SSSR count). The van der Waals surface area contributed by atoms with Crippen molar-refractivity contribution in [3.8, 4) is 18.2 Å². The van der Waals surface area contributed by atoms with Crippen LogP contribution >= 0.6 is 0 Å². The Labute approximate surface area is 172 Å². The van der Waals surface area contributed by atoms with E-state index in [0.29, 0.717) is 12.6 Å². The van der Waals surface area contributed by atoms with Gasteiger partial charge in [0.2, 0.25) is 0 Å². The first-order valence-corrected chi connectivity index (χ1v) is 9.59. The number of aliphatic hydroxyl groups excluding tert-OH is 1. The van der Waals surface area contributed by atoms with Gasteiger partial charge in [0, 0.05) is 50.0 Å². The van der Waals surface area contributed by atoms with E-state index in [2.05, 4.69) is 41.9 Å². The van der Waals surface area contributed by atoms with E-state index in [0.717, 1.165) is 17.7 Å². The Bertz CT molecular complexity index is 899. The summed E-state index contributed by atoms with van der Waals surface area (Å²) >= 11 is 0. The van der Waals surface area contributed by atoms with Crippen LogP contribution in [0, 0.1) is 45.3 Å². The number of aromatic nitrogens is 1. The van der Waals surface area contributed by atoms with Crippen molar-refractivity contribution in [2.75, 3.05) is 19.7 Å². The second-order valence-electron chi connectivity index (χ2n) is 7.32. The molecular formula is C22H26N6O. The van der Waals surface area contributed by atoms with Gasteiger partial charge in [-0.2, -0.15) is 15.8 Å². The van der Waals surface area contributed by atoms with Crippen LogP contribution in [0.1, 0.15) is 32.3 Å². The lowest BCUT2D eigenvalue weighted by molar-refractivity contribution is 0.174. The Balaban J connectivity index is 0.000000941. The summed E-state index contributed by atoms with van der Waals surface area (Å²) in [5.74, 6) is -0.611. The molecule has 0 fully saturated rings. The molecular weight excluding hydrogens is 364 g/mol. The maximum absolute atomic E-state index is 9.98. The number of aliphatic hydroxyl groups is 1. The van der Waals surface area contributed by atoms with Crippen molar-refractivity contribution in [2.24, 2.45) is 17.1 Å². The molecule has 0 spiro atoms. The minimum Gasteiger partial charge on any atom is -0.399 e. The molecule has 7 nitrogen and oxygen atoms in total. The first kappa shape index (κ1) is 22.1. The number of hydrogen-bond acceptors (Lipinski definition) is 7. The average molecular weight is 390 g/mol. The molecule has 2 heterocycles. The number of hydrogen-bond donors (Lipinski definition) is 2. The van der Waals surface area contributed by atoms with Gasteiger partial charge in [-0.25, -0.2) is 0 Å². The van der Waals surface area contributed by atoms with Crippen molar-refractivity contribution in [2.45, 2.75) is 32.7 Å². The summed E-state index contributed by atoms with van der Waals surface area (Å²) in [6.07, 6.45) is 5.33. The van der Waals surface area contributed by atoms with E-state index in [-0.39, 0.29) is 23.8 Å². The minimum absolute atomic E-state index is 0.0623. The molecule has 29 heavy (non-hydrogen) atoms. The Morgan fingerprint density at radius 1 is 1.28 bits per heavy atom. The Hall–Kier alpha value is -3.18. The zero-order valence-corrected chi connectivity index (χ0v) is 17.0. The minimum atomic E-state index is -1.57. The van der Waals surface area contributed by atoms with Crippen LogP contribution in [0.5, 0.6) is 0 Å². The van der Waals surface area contributed by atoms with Crippen molar-refractivity contribution in [3.63, 3.8) is 0 Å². The molecule has 7 heteroatoms. The van der Waals surface area contributed by atoms with Gasteiger partial charge in [-0.3, -0.25) is 9.88 Å². The molecule has 2 unspecified atom stereocenters. The van der Waals surface area contributed by atoms with Crippen LogP contribution in [0.3, 0.4) is 0 Å². The van der Waals surface area contributed by atoms with Crippen LogP contribution in [0.2, 0.25) is 0 Å². The maximum atomic E-state index is 9.98. The molecule has 1 aliphatic heterocycles. The third-order valence-corrected chi connectivity index (χ3v) is 5.49. The van der Waals surface area contributed by atoms with Crippen LogP contribution in [0.4, 0.5) is 0 Å². The molecule has 0 bridgehead atoms. The number of allylic oxidation sites excluding steroid dienone is 2. The lowest BCUT2D eigenvalue weighted by Gasteiger charge is -2.46. The highest BCUT2D eigenvalue weighted by Crippen LogP contribution is 2.54. The molecule has 150 valence electrons. The summed E-state index contributed by atoms with van der Waals surface area (Å²) in [7, 11) is 0. The normalized spacial score (nSPS) is 22.9. The Kier molecular flexibility index (Phi) is 7.13. The molecule has 0 radical (unpaired) electrons. The second kappa shape index (κ2) is 9.34. The molecule has 2 atom stereocenters. The van der Waals surface area contributed by atoms with Crippen molar-refractivity contribution in [1.82, 2.24) is 9.88 Å². The van der Waals surface area contributed by atoms with E-state index in [4.69, 9.17) is 10.8 Å². The van der Waals surface area contributed by atoms with Gasteiger partial charge in [0.1, 0.15) is 6.07 Å². The van der Waals surface area contributed by atoms with Crippen molar-refractivity contribution in [1.29, 1.82) is 15.8 Å². The second-order valence-corrected chi connectivity index (χ2v) is 7.32. The van der Waals surface area contributed by atoms with Crippen molar-refractivity contribution >= 4 is 0 Å². The first-order chi connectivity index (χ1) is 13.9. The summed E-state index contributed by atoms with van der Waals surface area (Å²) in [4.78, 5) is 6.33. The van der Waals surface area contributed by atoms with E-state index < -0.39 is 11.3 Å². The fraction of sp³-hybridized carbons (Fsp3) is 0.455. The van der Waals surface area contributed by atoms with E-state index in [9.17, 15) is 15.8 Å². The number of nitriles is 3. The van der Waals surface area contributed by atoms with Gasteiger partial charge in [0.15, 0.2) is 5.41 Å². The van der Waals surface area contributed by atoms with Crippen LogP contribution in [-0.2, 0) is 0 Å². The standard InChI is InChI=1S/C20H20N6.C2H6O/c1-13(2)26-8-5-15-16(9-21)19(24)20(11-22,12-23)18(17(15)10-26)14-3-6-25-7-4-14;1-2-3/h3-7,13,17-18H,8,10,24H2,1-2H3;3H,2H2,1H3. The van der Waals surface area contributed by atoms with Gasteiger partial charge in [-0.1, -0.05) is 6.08 Å². The Morgan fingerprint density at radius 3 is 2.34 bits per heavy atom. The predicted molar refractivity (Wildman–Crippen MR) is 109 cm³/mol. The number of nitrogens with two attached hydrogens (primary N) is 1. The van der Waals surface area contributed by atoms with Crippen molar-refractivity contribution in [3.05, 3.63) is 53.0 Å². The van der Waals surface area contributed by atoms with Crippen molar-refractivity contribution < 1.29 is 5.11 Å². The van der Waals surface area contributed by atoms with E-state index >= 15 is 0 Å². The van der Waals surface area contributed by atoms with E-state index in [1.807, 2.05) is 18.2 Å². The first-order valence-electron chi connectivity index (χ1n) is 9.59. The van der Waals surface area contributed by atoms with Gasteiger partial charge in [0.25, 0.3) is 0 Å². The summed E-state index contributed by atoms with van der Waals surface area (Å²) in [6, 6.07) is 10.4. The summed E-state index contributed by atoms with van der Waals surface area (Å²) in [5, 5.41) is 37.2. The summed E-state index contributed by atoms with van der Waals surface area (Å²) in [5.41, 5.74) is 6.72. The monoisotopic (exact) mass is 390 g/mol. The van der Waals surface area contributed by atoms with Gasteiger partial charge in [0.05, 0.1) is 23.4 Å². The summed E-state index contributed by atoms with van der Waals surface area (Å²) < 4.78 is 0. The number of nitrogens with zero attached hydrogens (tertiary/aromatic N) is 5. The molecule has 1 aliphatic carbocycles. The molecule has 0 saturated carbocycles. The molecule has 0 saturated heterocycles. The number of fused-ring (bicyclic) bond motifs is 1. The highest BCUT2D eigenvalue weighted by molar-refractivity contribution is 5.59. The zero-order valence-electron chi connectivity index (χ0n) is 17.0. The van der Waals surface area contributed by atoms with Crippen LogP contribution in [0.15, 0.2) is 47.4 Å². The fourth-order valence-electron chi connectivity index (χ4n) is 4.07. The average Bonchev–Trinajstić information content (AvgIpc) is 2.74. The molecule has 2 aliphatic rings. The maximum Gasteiger partial charge on any atom is 0.191 e. The predicted octanol–water partition coefficient (Wildman–Crippen LogP) is 2.21. The van der Waals surface area contributed by atoms with Crippen LogP contribution in [0.25, 0.3) is 0 Å². The fourth-order valence-corrected chi connectivity index (χ4v) is 4.07. The van der Waals surface area contributed by atoms with E-state index in [1.54, 1.807) is 19.3 Å². The molecule has 0 amide bonds. The summed E-state index contributed by atoms with van der Waals surface area (Å²) in [6.45, 7) is 7.54. The number of rotatable bonds is 2. The molecule has 1 aromatic heterocycles. The third-order valence-electron chi connectivity index (χ3n) is 5.49. The lowest BCUT2D eigenvalue weighted by atomic mass is 9.58. The number of pyridine rings is 1. The molecule has 0 aromatic carbocycles. The van der Waals surface area contributed by atoms with Gasteiger partial charge < -0.3 is 10.8 Å².